The van der Waals surface area contributed by atoms with Crippen molar-refractivity contribution in [1.82, 2.24) is 4.72 Å². The van der Waals surface area contributed by atoms with Crippen LogP contribution in [0.4, 0.5) is 0 Å². The van der Waals surface area contributed by atoms with Gasteiger partial charge in [-0.15, -0.1) is 11.3 Å². The van der Waals surface area contributed by atoms with Crippen molar-refractivity contribution in [3.8, 4) is 5.75 Å². The summed E-state index contributed by atoms with van der Waals surface area (Å²) >= 11 is 4.36. The molecule has 0 spiro atoms. The van der Waals surface area contributed by atoms with Crippen LogP contribution in [0.5, 0.6) is 5.75 Å². The van der Waals surface area contributed by atoms with Gasteiger partial charge in [0.25, 0.3) is 0 Å². The van der Waals surface area contributed by atoms with Gasteiger partial charge in [0, 0.05) is 13.0 Å². The van der Waals surface area contributed by atoms with Gasteiger partial charge in [-0.25, -0.2) is 13.1 Å². The Morgan fingerprint density at radius 2 is 2.18 bits per heavy atom. The number of nitrogens with one attached hydrogen (secondary N) is 1. The van der Waals surface area contributed by atoms with E-state index in [2.05, 4.69) is 20.7 Å². The number of hydrogen-bond donors (Lipinski definition) is 2. The fourth-order valence-electron chi connectivity index (χ4n) is 2.23. The van der Waals surface area contributed by atoms with E-state index in [-0.39, 0.29) is 10.8 Å². The molecule has 0 radical (unpaired) electrons. The Balaban J connectivity index is 1.68. The Bertz CT molecular complexity index is 788. The van der Waals surface area contributed by atoms with Crippen molar-refractivity contribution in [2.24, 2.45) is 0 Å². The van der Waals surface area contributed by atoms with E-state index in [9.17, 15) is 13.5 Å². The second kappa shape index (κ2) is 6.29. The lowest BCUT2D eigenvalue weighted by Gasteiger charge is -2.13. The Morgan fingerprint density at radius 3 is 2.91 bits per heavy atom. The number of aliphatic hydroxyl groups is 1. The predicted octanol–water partition coefficient (Wildman–Crippen LogP) is 2.46. The summed E-state index contributed by atoms with van der Waals surface area (Å²) in [7, 11) is -3.60. The SMILES string of the molecule is O=S(=O)(NC[C@H](O)c1ccc2c(c1)CCO2)c1ccc(Br)s1. The molecule has 1 aromatic heterocycles. The van der Waals surface area contributed by atoms with E-state index in [0.717, 1.165) is 32.9 Å². The van der Waals surface area contributed by atoms with Crippen molar-refractivity contribution >= 4 is 37.3 Å². The third kappa shape index (κ3) is 3.36. The zero-order valence-corrected chi connectivity index (χ0v) is 14.7. The average Bonchev–Trinajstić information content (AvgIpc) is 3.12. The number of sulfonamides is 1. The molecule has 2 heterocycles. The Hall–Kier alpha value is -0.930. The molecule has 118 valence electrons. The van der Waals surface area contributed by atoms with Gasteiger partial charge in [0.1, 0.15) is 9.96 Å². The van der Waals surface area contributed by atoms with E-state index in [1.54, 1.807) is 12.1 Å². The minimum absolute atomic E-state index is 0.0719. The molecule has 0 amide bonds. The number of aliphatic hydroxyl groups excluding tert-OH is 1. The van der Waals surface area contributed by atoms with E-state index >= 15 is 0 Å². The first kappa shape index (κ1) is 15.9. The molecule has 0 unspecified atom stereocenters. The summed E-state index contributed by atoms with van der Waals surface area (Å²) in [5.41, 5.74) is 1.72. The summed E-state index contributed by atoms with van der Waals surface area (Å²) in [5.74, 6) is 0.833. The maximum absolute atomic E-state index is 12.1. The quantitative estimate of drug-likeness (QED) is 0.803. The van der Waals surface area contributed by atoms with Crippen molar-refractivity contribution < 1.29 is 18.3 Å². The molecule has 0 fully saturated rings. The normalized spacial score (nSPS) is 15.4. The van der Waals surface area contributed by atoms with Gasteiger partial charge >= 0.3 is 0 Å². The molecule has 0 aliphatic carbocycles. The first-order chi connectivity index (χ1) is 10.5. The zero-order valence-electron chi connectivity index (χ0n) is 11.5. The van der Waals surface area contributed by atoms with Gasteiger partial charge < -0.3 is 9.84 Å². The standard InChI is InChI=1S/C14H14BrNO4S2/c15-13-3-4-14(21-13)22(18,19)16-8-11(17)9-1-2-12-10(7-9)5-6-20-12/h1-4,7,11,16-17H,5-6,8H2/t11-/m0/s1. The molecule has 22 heavy (non-hydrogen) atoms. The second-order valence-electron chi connectivity index (χ2n) is 4.89. The fourth-order valence-corrected chi connectivity index (χ4v) is 5.33. The summed E-state index contributed by atoms with van der Waals surface area (Å²) in [4.78, 5) is 0. The number of rotatable bonds is 5. The predicted molar refractivity (Wildman–Crippen MR) is 87.8 cm³/mol. The van der Waals surface area contributed by atoms with Crippen molar-refractivity contribution in [3.05, 3.63) is 45.2 Å². The van der Waals surface area contributed by atoms with Gasteiger partial charge in [0.2, 0.25) is 10.0 Å². The highest BCUT2D eigenvalue weighted by Crippen LogP contribution is 2.29. The summed E-state index contributed by atoms with van der Waals surface area (Å²) in [5, 5.41) is 10.2. The van der Waals surface area contributed by atoms with Crippen molar-refractivity contribution in [2.75, 3.05) is 13.2 Å². The molecule has 0 bridgehead atoms. The molecule has 2 aromatic rings. The zero-order chi connectivity index (χ0) is 15.7. The fraction of sp³-hybridized carbons (Fsp3) is 0.286. The Morgan fingerprint density at radius 1 is 1.36 bits per heavy atom. The molecular weight excluding hydrogens is 390 g/mol. The van der Waals surface area contributed by atoms with Crippen LogP contribution >= 0.6 is 27.3 Å². The average molecular weight is 404 g/mol. The van der Waals surface area contributed by atoms with E-state index in [0.29, 0.717) is 12.2 Å². The lowest BCUT2D eigenvalue weighted by atomic mass is 10.0. The van der Waals surface area contributed by atoms with Gasteiger partial charge in [0.15, 0.2) is 0 Å². The van der Waals surface area contributed by atoms with Gasteiger partial charge in [-0.2, -0.15) is 0 Å². The van der Waals surface area contributed by atoms with Crippen LogP contribution in [0.25, 0.3) is 0 Å². The smallest absolute Gasteiger partial charge is 0.250 e. The number of halogens is 1. The van der Waals surface area contributed by atoms with Crippen LogP contribution in [0.15, 0.2) is 38.3 Å². The maximum atomic E-state index is 12.1. The molecule has 1 aromatic carbocycles. The molecule has 0 saturated heterocycles. The lowest BCUT2D eigenvalue weighted by Crippen LogP contribution is -2.28. The minimum Gasteiger partial charge on any atom is -0.493 e. The number of benzene rings is 1. The van der Waals surface area contributed by atoms with Crippen LogP contribution in [-0.2, 0) is 16.4 Å². The number of hydrogen-bond acceptors (Lipinski definition) is 5. The topological polar surface area (TPSA) is 75.6 Å². The highest BCUT2D eigenvalue weighted by Gasteiger charge is 2.20. The number of ether oxygens (including phenoxy) is 1. The van der Waals surface area contributed by atoms with Crippen LogP contribution in [0.3, 0.4) is 0 Å². The summed E-state index contributed by atoms with van der Waals surface area (Å²) < 4.78 is 33.0. The Labute approximate surface area is 141 Å². The van der Waals surface area contributed by atoms with E-state index in [4.69, 9.17) is 4.74 Å². The van der Waals surface area contributed by atoms with Crippen molar-refractivity contribution in [3.63, 3.8) is 0 Å². The molecule has 1 aliphatic heterocycles. The lowest BCUT2D eigenvalue weighted by molar-refractivity contribution is 0.182. The molecule has 2 N–H and O–H groups in total. The third-order valence-electron chi connectivity index (χ3n) is 3.38. The summed E-state index contributed by atoms with van der Waals surface area (Å²) in [6.07, 6.45) is -0.0886. The first-order valence-corrected chi connectivity index (χ1v) is 9.74. The monoisotopic (exact) mass is 403 g/mol. The van der Waals surface area contributed by atoms with Crippen molar-refractivity contribution in [1.29, 1.82) is 0 Å². The van der Waals surface area contributed by atoms with E-state index in [1.807, 2.05) is 12.1 Å². The first-order valence-electron chi connectivity index (χ1n) is 6.64. The number of thiophene rings is 1. The molecular formula is C14H14BrNO4S2. The van der Waals surface area contributed by atoms with Gasteiger partial charge in [-0.1, -0.05) is 6.07 Å². The number of fused-ring (bicyclic) bond motifs is 1. The van der Waals surface area contributed by atoms with E-state index in [1.165, 1.54) is 6.07 Å². The summed E-state index contributed by atoms with van der Waals surface area (Å²) in [6, 6.07) is 8.63. The molecule has 5 nitrogen and oxygen atoms in total. The van der Waals surface area contributed by atoms with Crippen LogP contribution in [0, 0.1) is 0 Å². The van der Waals surface area contributed by atoms with Crippen LogP contribution < -0.4 is 9.46 Å². The Kier molecular flexibility index (Phi) is 4.56. The van der Waals surface area contributed by atoms with Crippen LogP contribution in [0.1, 0.15) is 17.2 Å². The third-order valence-corrected chi connectivity index (χ3v) is 6.92. The highest BCUT2D eigenvalue weighted by atomic mass is 79.9. The second-order valence-corrected chi connectivity index (χ2v) is 9.35. The van der Waals surface area contributed by atoms with Gasteiger partial charge in [-0.3, -0.25) is 0 Å². The maximum Gasteiger partial charge on any atom is 0.250 e. The highest BCUT2D eigenvalue weighted by molar-refractivity contribution is 9.11. The molecule has 3 rings (SSSR count). The van der Waals surface area contributed by atoms with Crippen LogP contribution in [0.2, 0.25) is 0 Å². The summed E-state index contributed by atoms with van der Waals surface area (Å²) in [6.45, 7) is 0.576. The van der Waals surface area contributed by atoms with Crippen LogP contribution in [-0.4, -0.2) is 26.7 Å². The molecule has 1 aliphatic rings. The van der Waals surface area contributed by atoms with E-state index < -0.39 is 16.1 Å². The largest absolute Gasteiger partial charge is 0.493 e. The molecule has 1 atom stereocenters. The van der Waals surface area contributed by atoms with Gasteiger partial charge in [0.05, 0.1) is 16.5 Å². The molecule has 8 heteroatoms. The van der Waals surface area contributed by atoms with Crippen molar-refractivity contribution in [2.45, 2.75) is 16.7 Å². The van der Waals surface area contributed by atoms with Gasteiger partial charge in [-0.05, 0) is 51.3 Å². The minimum atomic E-state index is -3.60. The molecule has 0 saturated carbocycles.